The molecule has 104 valence electrons. The van der Waals surface area contributed by atoms with Crippen LogP contribution in [0.3, 0.4) is 0 Å². The Kier molecular flexibility index (Phi) is 4.42. The standard InChI is InChI=1S/C15H23N3S/c1-5-13-10(3)17-18(11(13)4)15(14(16)6-2)12-7-8-19-9-12/h7-9,14-15H,5-6,16H2,1-4H3. The number of aryl methyl sites for hydroxylation is 1. The lowest BCUT2D eigenvalue weighted by molar-refractivity contribution is 0.416. The average Bonchev–Trinajstić information content (AvgIpc) is 3.00. The van der Waals surface area contributed by atoms with Gasteiger partial charge in [-0.15, -0.1) is 0 Å². The van der Waals surface area contributed by atoms with Gasteiger partial charge in [0.1, 0.15) is 0 Å². The maximum Gasteiger partial charge on any atom is 0.0930 e. The Morgan fingerprint density at radius 2 is 2.11 bits per heavy atom. The molecule has 0 saturated carbocycles. The predicted octanol–water partition coefficient (Wildman–Crippen LogP) is 3.45. The maximum absolute atomic E-state index is 6.35. The fraction of sp³-hybridized carbons (Fsp3) is 0.533. The van der Waals surface area contributed by atoms with E-state index in [-0.39, 0.29) is 12.1 Å². The van der Waals surface area contributed by atoms with Crippen LogP contribution in [-0.4, -0.2) is 15.8 Å². The van der Waals surface area contributed by atoms with Gasteiger partial charge in [-0.05, 0) is 54.6 Å². The van der Waals surface area contributed by atoms with Gasteiger partial charge in [-0.25, -0.2) is 0 Å². The first kappa shape index (κ1) is 14.3. The molecule has 0 radical (unpaired) electrons. The molecular weight excluding hydrogens is 254 g/mol. The maximum atomic E-state index is 6.35. The van der Waals surface area contributed by atoms with Crippen LogP contribution >= 0.6 is 11.3 Å². The molecule has 0 spiro atoms. The summed E-state index contributed by atoms with van der Waals surface area (Å²) in [5.41, 5.74) is 11.4. The van der Waals surface area contributed by atoms with E-state index in [0.29, 0.717) is 0 Å². The zero-order valence-electron chi connectivity index (χ0n) is 12.2. The summed E-state index contributed by atoms with van der Waals surface area (Å²) in [7, 11) is 0. The second-order valence-electron chi connectivity index (χ2n) is 5.02. The summed E-state index contributed by atoms with van der Waals surface area (Å²) >= 11 is 1.72. The third-order valence-corrected chi connectivity index (χ3v) is 4.56. The summed E-state index contributed by atoms with van der Waals surface area (Å²) in [5.74, 6) is 0. The van der Waals surface area contributed by atoms with Crippen molar-refractivity contribution in [3.8, 4) is 0 Å². The van der Waals surface area contributed by atoms with Crippen molar-refractivity contribution in [2.75, 3.05) is 0 Å². The van der Waals surface area contributed by atoms with Crippen LogP contribution in [0, 0.1) is 13.8 Å². The number of hydrogen-bond donors (Lipinski definition) is 1. The summed E-state index contributed by atoms with van der Waals surface area (Å²) in [6.07, 6.45) is 1.97. The Labute approximate surface area is 119 Å². The highest BCUT2D eigenvalue weighted by molar-refractivity contribution is 7.07. The van der Waals surface area contributed by atoms with Crippen molar-refractivity contribution in [1.82, 2.24) is 9.78 Å². The van der Waals surface area contributed by atoms with Gasteiger partial charge in [0, 0.05) is 11.7 Å². The molecule has 19 heavy (non-hydrogen) atoms. The summed E-state index contributed by atoms with van der Waals surface area (Å²) < 4.78 is 2.13. The second-order valence-corrected chi connectivity index (χ2v) is 5.80. The first-order chi connectivity index (χ1) is 9.10. The van der Waals surface area contributed by atoms with Gasteiger partial charge in [-0.1, -0.05) is 13.8 Å². The average molecular weight is 277 g/mol. The molecule has 2 aromatic rings. The number of hydrogen-bond acceptors (Lipinski definition) is 3. The monoisotopic (exact) mass is 277 g/mol. The highest BCUT2D eigenvalue weighted by Gasteiger charge is 2.24. The summed E-state index contributed by atoms with van der Waals surface area (Å²) in [6.45, 7) is 8.56. The van der Waals surface area contributed by atoms with Crippen molar-refractivity contribution in [3.63, 3.8) is 0 Å². The molecule has 3 nitrogen and oxygen atoms in total. The van der Waals surface area contributed by atoms with E-state index in [0.717, 1.165) is 18.5 Å². The molecule has 0 fully saturated rings. The zero-order chi connectivity index (χ0) is 14.0. The molecule has 4 heteroatoms. The van der Waals surface area contributed by atoms with E-state index < -0.39 is 0 Å². The van der Waals surface area contributed by atoms with Crippen molar-refractivity contribution < 1.29 is 0 Å². The van der Waals surface area contributed by atoms with Crippen LogP contribution in [0.1, 0.15) is 48.8 Å². The smallest absolute Gasteiger partial charge is 0.0930 e. The van der Waals surface area contributed by atoms with Gasteiger partial charge < -0.3 is 5.73 Å². The van der Waals surface area contributed by atoms with Crippen molar-refractivity contribution in [1.29, 1.82) is 0 Å². The van der Waals surface area contributed by atoms with Crippen molar-refractivity contribution in [2.45, 2.75) is 52.6 Å². The van der Waals surface area contributed by atoms with Crippen molar-refractivity contribution >= 4 is 11.3 Å². The minimum Gasteiger partial charge on any atom is -0.326 e. The quantitative estimate of drug-likeness (QED) is 0.909. The van der Waals surface area contributed by atoms with E-state index in [9.17, 15) is 0 Å². The van der Waals surface area contributed by atoms with E-state index >= 15 is 0 Å². The second kappa shape index (κ2) is 5.88. The molecule has 0 aliphatic heterocycles. The highest BCUT2D eigenvalue weighted by Crippen LogP contribution is 2.28. The Morgan fingerprint density at radius 1 is 1.37 bits per heavy atom. The topological polar surface area (TPSA) is 43.8 Å². The van der Waals surface area contributed by atoms with Gasteiger partial charge in [0.15, 0.2) is 0 Å². The Morgan fingerprint density at radius 3 is 2.58 bits per heavy atom. The normalized spacial score (nSPS) is 14.6. The molecule has 0 aliphatic carbocycles. The molecule has 2 rings (SSSR count). The molecule has 2 atom stereocenters. The van der Waals surface area contributed by atoms with Gasteiger partial charge in [0.05, 0.1) is 11.7 Å². The SMILES string of the molecule is CCc1c(C)nn(C(c2ccsc2)C(N)CC)c1C. The van der Waals surface area contributed by atoms with Crippen LogP contribution in [0.4, 0.5) is 0 Å². The molecule has 0 saturated heterocycles. The van der Waals surface area contributed by atoms with Crippen LogP contribution in [0.25, 0.3) is 0 Å². The molecule has 0 aliphatic rings. The van der Waals surface area contributed by atoms with Crippen LogP contribution in [0.2, 0.25) is 0 Å². The van der Waals surface area contributed by atoms with Crippen molar-refractivity contribution in [3.05, 3.63) is 39.3 Å². The third kappa shape index (κ3) is 2.60. The number of nitrogens with two attached hydrogens (primary N) is 1. The molecule has 2 aromatic heterocycles. The van der Waals surface area contributed by atoms with Crippen LogP contribution in [0.15, 0.2) is 16.8 Å². The number of aromatic nitrogens is 2. The minimum atomic E-state index is 0.0947. The number of thiophene rings is 1. The summed E-state index contributed by atoms with van der Waals surface area (Å²) in [6, 6.07) is 2.40. The van der Waals surface area contributed by atoms with Gasteiger partial charge in [0.25, 0.3) is 0 Å². The van der Waals surface area contributed by atoms with E-state index in [1.165, 1.54) is 16.8 Å². The van der Waals surface area contributed by atoms with E-state index in [4.69, 9.17) is 10.8 Å². The van der Waals surface area contributed by atoms with Crippen LogP contribution < -0.4 is 5.73 Å². The van der Waals surface area contributed by atoms with Gasteiger partial charge >= 0.3 is 0 Å². The minimum absolute atomic E-state index is 0.0947. The van der Waals surface area contributed by atoms with Gasteiger partial charge in [0.2, 0.25) is 0 Å². The fourth-order valence-electron chi connectivity index (χ4n) is 2.72. The number of rotatable bonds is 5. The Hall–Kier alpha value is -1.13. The van der Waals surface area contributed by atoms with Crippen molar-refractivity contribution in [2.24, 2.45) is 5.73 Å². The van der Waals surface area contributed by atoms with E-state index in [2.05, 4.69) is 49.2 Å². The van der Waals surface area contributed by atoms with Crippen LogP contribution in [0.5, 0.6) is 0 Å². The number of nitrogens with zero attached hydrogens (tertiary/aromatic N) is 2. The lowest BCUT2D eigenvalue weighted by Crippen LogP contribution is -2.33. The predicted molar refractivity (Wildman–Crippen MR) is 81.8 cm³/mol. The molecule has 0 bridgehead atoms. The lowest BCUT2D eigenvalue weighted by atomic mass is 10.0. The molecular formula is C15H23N3S. The van der Waals surface area contributed by atoms with Gasteiger partial charge in [-0.2, -0.15) is 16.4 Å². The fourth-order valence-corrected chi connectivity index (χ4v) is 3.41. The summed E-state index contributed by atoms with van der Waals surface area (Å²) in [4.78, 5) is 0. The molecule has 0 amide bonds. The lowest BCUT2D eigenvalue weighted by Gasteiger charge is -2.24. The van der Waals surface area contributed by atoms with E-state index in [1.54, 1.807) is 11.3 Å². The first-order valence-electron chi connectivity index (χ1n) is 6.92. The molecule has 2 unspecified atom stereocenters. The molecule has 2 heterocycles. The van der Waals surface area contributed by atoms with Crippen LogP contribution in [-0.2, 0) is 6.42 Å². The largest absolute Gasteiger partial charge is 0.326 e. The highest BCUT2D eigenvalue weighted by atomic mass is 32.1. The zero-order valence-corrected chi connectivity index (χ0v) is 13.0. The first-order valence-corrected chi connectivity index (χ1v) is 7.86. The Balaban J connectivity index is 2.50. The molecule has 0 aromatic carbocycles. The third-order valence-electron chi connectivity index (χ3n) is 3.85. The molecule has 2 N–H and O–H groups in total. The summed E-state index contributed by atoms with van der Waals surface area (Å²) in [5, 5.41) is 9.04. The van der Waals surface area contributed by atoms with E-state index in [1.807, 2.05) is 0 Å². The van der Waals surface area contributed by atoms with Gasteiger partial charge in [-0.3, -0.25) is 4.68 Å². The Bertz CT molecular complexity index is 528.